The minimum Gasteiger partial charge on any atom is -0.506 e. The summed E-state index contributed by atoms with van der Waals surface area (Å²) in [6, 6.07) is 8.48. The van der Waals surface area contributed by atoms with E-state index in [4.69, 9.17) is 9.47 Å². The summed E-state index contributed by atoms with van der Waals surface area (Å²) in [7, 11) is -3.82. The normalized spacial score (nSPS) is 15.8. The van der Waals surface area contributed by atoms with Gasteiger partial charge in [-0.15, -0.1) is 0 Å². The van der Waals surface area contributed by atoms with Crippen LogP contribution < -0.4 is 10.0 Å². The first kappa shape index (κ1) is 31.1. The molecule has 1 saturated heterocycles. The number of hydrogen-bond acceptors (Lipinski definition) is 8. The molecule has 1 amide bonds. The number of nitrogens with one attached hydrogen (secondary N) is 3. The van der Waals surface area contributed by atoms with Gasteiger partial charge in [0.25, 0.3) is 5.91 Å². The van der Waals surface area contributed by atoms with Gasteiger partial charge in [0.2, 0.25) is 10.0 Å². The number of ether oxygens (including phenoxy) is 2. The number of alkyl halides is 3. The number of rotatable bonds is 10. The predicted molar refractivity (Wildman–Crippen MR) is 148 cm³/mol. The van der Waals surface area contributed by atoms with E-state index in [9.17, 15) is 36.3 Å². The first-order valence-corrected chi connectivity index (χ1v) is 14.9. The molecule has 15 heteroatoms. The molecule has 0 saturated carbocycles. The number of aromatic amines is 1. The number of amides is 1. The number of benzene rings is 2. The van der Waals surface area contributed by atoms with E-state index >= 15 is 0 Å². The number of H-pyrrole nitrogens is 1. The highest BCUT2D eigenvalue weighted by molar-refractivity contribution is 7.92. The molecule has 1 aliphatic heterocycles. The second kappa shape index (κ2) is 12.6. The summed E-state index contributed by atoms with van der Waals surface area (Å²) in [5, 5.41) is 13.9. The molecule has 0 unspecified atom stereocenters. The van der Waals surface area contributed by atoms with Crippen LogP contribution in [0, 0.1) is 0 Å². The maximum atomic E-state index is 13.1. The summed E-state index contributed by atoms with van der Waals surface area (Å²) in [5.74, 6) is -2.99. The second-order valence-corrected chi connectivity index (χ2v) is 11.8. The average molecular weight is 613 g/mol. The van der Waals surface area contributed by atoms with Crippen LogP contribution in [0.2, 0.25) is 0 Å². The Morgan fingerprint density at radius 3 is 2.57 bits per heavy atom. The largest absolute Gasteiger partial charge is 0.506 e. The van der Waals surface area contributed by atoms with Crippen LogP contribution in [0.4, 0.5) is 18.9 Å². The number of nitrogens with zero attached hydrogens (tertiary/aromatic N) is 1. The Kier molecular flexibility index (Phi) is 9.33. The van der Waals surface area contributed by atoms with Crippen molar-refractivity contribution in [2.45, 2.75) is 31.7 Å². The van der Waals surface area contributed by atoms with E-state index in [0.717, 1.165) is 29.3 Å². The summed E-state index contributed by atoms with van der Waals surface area (Å²) in [6.07, 6.45) is -3.71. The van der Waals surface area contributed by atoms with Gasteiger partial charge in [0, 0.05) is 37.3 Å². The lowest BCUT2D eigenvalue weighted by molar-refractivity contribution is -0.205. The average Bonchev–Trinajstić information content (AvgIpc) is 3.33. The van der Waals surface area contributed by atoms with Gasteiger partial charge in [-0.3, -0.25) is 9.52 Å². The van der Waals surface area contributed by atoms with E-state index in [2.05, 4.69) is 15.0 Å². The molecule has 11 nitrogen and oxygen atoms in total. The van der Waals surface area contributed by atoms with Crippen molar-refractivity contribution in [2.24, 2.45) is 0 Å². The van der Waals surface area contributed by atoms with Gasteiger partial charge >= 0.3 is 12.1 Å². The Morgan fingerprint density at radius 1 is 1.19 bits per heavy atom. The van der Waals surface area contributed by atoms with Crippen LogP contribution in [0.3, 0.4) is 0 Å². The van der Waals surface area contributed by atoms with Crippen LogP contribution in [0.5, 0.6) is 5.75 Å². The number of fused-ring (bicyclic) bond motifs is 1. The zero-order valence-corrected chi connectivity index (χ0v) is 23.6. The van der Waals surface area contributed by atoms with Gasteiger partial charge in [0.15, 0.2) is 0 Å². The third-order valence-electron chi connectivity index (χ3n) is 6.68. The van der Waals surface area contributed by atoms with Gasteiger partial charge in [0.1, 0.15) is 11.9 Å². The first-order valence-electron chi connectivity index (χ1n) is 13.0. The van der Waals surface area contributed by atoms with Crippen molar-refractivity contribution in [3.05, 3.63) is 59.3 Å². The fourth-order valence-electron chi connectivity index (χ4n) is 4.67. The fourth-order valence-corrected chi connectivity index (χ4v) is 5.23. The Balaban J connectivity index is 1.51. The van der Waals surface area contributed by atoms with Crippen LogP contribution in [-0.2, 0) is 30.7 Å². The number of carbonyl (C=O) groups excluding carboxylic acids is 2. The maximum Gasteiger partial charge on any atom is 0.490 e. The van der Waals surface area contributed by atoms with Gasteiger partial charge in [-0.1, -0.05) is 18.2 Å². The van der Waals surface area contributed by atoms with Crippen molar-refractivity contribution in [3.8, 4) is 5.75 Å². The quantitative estimate of drug-likeness (QED) is 0.202. The standard InChI is InChI=1S/C27H31F3N4O7S/c1-16(12-18-14-32-24-19(18)4-3-5-20(24)25(36)34-8-10-40-11-9-34)31-15-23(41-26(37)27(28,29)30)17-6-7-22(35)21(13-17)33-42(2,38)39/h3-7,13-14,16,23,31-33,35H,8-12,15H2,1-2H3/t16-,23+/m1/s1. The molecule has 3 aromatic rings. The van der Waals surface area contributed by atoms with Crippen molar-refractivity contribution < 1.29 is 45.8 Å². The number of phenolic OH excluding ortho intramolecular Hbond substituents is 1. The fraction of sp³-hybridized carbons (Fsp3) is 0.407. The number of aromatic nitrogens is 1. The molecule has 2 atom stereocenters. The molecule has 0 radical (unpaired) electrons. The molecule has 1 fully saturated rings. The number of halogens is 3. The van der Waals surface area contributed by atoms with Gasteiger partial charge in [-0.2, -0.15) is 13.2 Å². The van der Waals surface area contributed by atoms with Gasteiger partial charge < -0.3 is 29.8 Å². The molecule has 4 N–H and O–H groups in total. The number of sulfonamides is 1. The number of esters is 1. The number of aromatic hydroxyl groups is 1. The lowest BCUT2D eigenvalue weighted by Gasteiger charge is -2.27. The summed E-state index contributed by atoms with van der Waals surface area (Å²) in [6.45, 7) is 3.47. The summed E-state index contributed by atoms with van der Waals surface area (Å²) >= 11 is 0. The van der Waals surface area contributed by atoms with Crippen LogP contribution in [0.1, 0.15) is 34.5 Å². The molecule has 4 rings (SSSR count). The van der Waals surface area contributed by atoms with Crippen LogP contribution >= 0.6 is 0 Å². The van der Waals surface area contributed by atoms with Crippen LogP contribution in [0.15, 0.2) is 42.6 Å². The first-order chi connectivity index (χ1) is 19.7. The summed E-state index contributed by atoms with van der Waals surface area (Å²) in [4.78, 5) is 29.7. The second-order valence-electron chi connectivity index (χ2n) is 10.0. The number of para-hydroxylation sites is 1. The van der Waals surface area contributed by atoms with E-state index in [1.807, 2.05) is 6.07 Å². The monoisotopic (exact) mass is 612 g/mol. The molecule has 42 heavy (non-hydrogen) atoms. The molecular weight excluding hydrogens is 581 g/mol. The SMILES string of the molecule is C[C@H](Cc1c[nH]c2c(C(=O)N3CCOCC3)cccc12)NC[C@H](OC(=O)C(F)(F)F)c1ccc(O)c(NS(C)(=O)=O)c1. The number of hydrogen-bond donors (Lipinski definition) is 4. The van der Waals surface area contributed by atoms with Crippen molar-refractivity contribution in [1.29, 1.82) is 0 Å². The summed E-state index contributed by atoms with van der Waals surface area (Å²) < 4.78 is 74.5. The van der Waals surface area contributed by atoms with Gasteiger partial charge in [0.05, 0.1) is 36.2 Å². The molecule has 0 aliphatic carbocycles. The predicted octanol–water partition coefficient (Wildman–Crippen LogP) is 3.08. The molecule has 1 aliphatic rings. The number of morpholine rings is 1. The minimum absolute atomic E-state index is 0.0228. The van der Waals surface area contributed by atoms with Crippen molar-refractivity contribution in [1.82, 2.24) is 15.2 Å². The number of phenols is 1. The third-order valence-corrected chi connectivity index (χ3v) is 7.27. The van der Waals surface area contributed by atoms with E-state index in [-0.39, 0.29) is 29.7 Å². The van der Waals surface area contributed by atoms with Gasteiger partial charge in [-0.05, 0) is 42.7 Å². The third kappa shape index (κ3) is 7.72. The minimum atomic E-state index is -5.25. The topological polar surface area (TPSA) is 150 Å². The maximum absolute atomic E-state index is 13.1. The molecule has 0 bridgehead atoms. The van der Waals surface area contributed by atoms with Crippen molar-refractivity contribution in [3.63, 3.8) is 0 Å². The Labute approximate surface area is 240 Å². The Morgan fingerprint density at radius 2 is 1.90 bits per heavy atom. The molecule has 0 spiro atoms. The zero-order chi connectivity index (χ0) is 30.7. The van der Waals surface area contributed by atoms with Crippen molar-refractivity contribution in [2.75, 3.05) is 43.8 Å². The number of anilines is 1. The highest BCUT2D eigenvalue weighted by Crippen LogP contribution is 2.31. The highest BCUT2D eigenvalue weighted by atomic mass is 32.2. The lowest BCUT2D eigenvalue weighted by Crippen LogP contribution is -2.40. The van der Waals surface area contributed by atoms with E-state index in [1.165, 1.54) is 6.07 Å². The van der Waals surface area contributed by atoms with E-state index in [0.29, 0.717) is 43.8 Å². The summed E-state index contributed by atoms with van der Waals surface area (Å²) in [5.41, 5.74) is 1.79. The van der Waals surface area contributed by atoms with E-state index in [1.54, 1.807) is 30.2 Å². The van der Waals surface area contributed by atoms with Gasteiger partial charge in [-0.25, -0.2) is 13.2 Å². The molecule has 228 valence electrons. The highest BCUT2D eigenvalue weighted by Gasteiger charge is 2.42. The molecule has 2 heterocycles. The van der Waals surface area contributed by atoms with Crippen LogP contribution in [-0.4, -0.2) is 86.6 Å². The lowest BCUT2D eigenvalue weighted by atomic mass is 10.0. The molecular formula is C27H31F3N4O7S. The number of carbonyl (C=O) groups is 2. The zero-order valence-electron chi connectivity index (χ0n) is 22.8. The molecule has 2 aromatic carbocycles. The van der Waals surface area contributed by atoms with Crippen LogP contribution in [0.25, 0.3) is 10.9 Å². The van der Waals surface area contributed by atoms with E-state index < -0.39 is 34.0 Å². The molecule has 1 aromatic heterocycles. The smallest absolute Gasteiger partial charge is 0.490 e. The Hall–Kier alpha value is -3.82. The Bertz CT molecular complexity index is 1550. The van der Waals surface area contributed by atoms with Crippen molar-refractivity contribution >= 4 is 38.5 Å².